The number of nitrogens with zero attached hydrogens (tertiary/aromatic N) is 1. The number of hydrogen-bond donors (Lipinski definition) is 2. The van der Waals surface area contributed by atoms with E-state index in [0.29, 0.717) is 24.9 Å². The van der Waals surface area contributed by atoms with Crippen LogP contribution in [0, 0.1) is 17.8 Å². The first kappa shape index (κ1) is 23.4. The van der Waals surface area contributed by atoms with Crippen molar-refractivity contribution < 1.29 is 24.0 Å². The molecule has 8 nitrogen and oxygen atoms in total. The molecule has 178 valence electrons. The first-order valence-corrected chi connectivity index (χ1v) is 12.2. The number of carbonyl (C=O) groups is 5. The second kappa shape index (κ2) is 9.61. The van der Waals surface area contributed by atoms with Gasteiger partial charge in [-0.2, -0.15) is 0 Å². The zero-order chi connectivity index (χ0) is 23.7. The summed E-state index contributed by atoms with van der Waals surface area (Å²) in [6.07, 6.45) is 7.11. The zero-order valence-corrected chi connectivity index (χ0v) is 19.4. The lowest BCUT2D eigenvalue weighted by Gasteiger charge is -2.29. The van der Waals surface area contributed by atoms with Crippen LogP contribution in [-0.2, 0) is 14.4 Å². The molecule has 2 amide bonds. The summed E-state index contributed by atoms with van der Waals surface area (Å²) in [4.78, 5) is 67.8. The fraction of sp³-hybridized carbons (Fsp3) is 0.640. The van der Waals surface area contributed by atoms with Gasteiger partial charge < -0.3 is 15.2 Å². The Morgan fingerprint density at radius 2 is 1.97 bits per heavy atom. The van der Waals surface area contributed by atoms with Crippen LogP contribution < -0.4 is 5.32 Å². The van der Waals surface area contributed by atoms with Crippen LogP contribution in [0.3, 0.4) is 0 Å². The lowest BCUT2D eigenvalue weighted by Crippen LogP contribution is -2.53. The van der Waals surface area contributed by atoms with Gasteiger partial charge in [0.25, 0.3) is 5.91 Å². The fourth-order valence-corrected chi connectivity index (χ4v) is 5.92. The first-order valence-electron chi connectivity index (χ1n) is 12.2. The lowest BCUT2D eigenvalue weighted by atomic mass is 9.91. The van der Waals surface area contributed by atoms with Gasteiger partial charge in [0, 0.05) is 37.1 Å². The number of likely N-dealkylation sites (tertiary alicyclic amines) is 1. The van der Waals surface area contributed by atoms with Crippen LogP contribution in [0.5, 0.6) is 0 Å². The molecule has 0 aromatic carbocycles. The van der Waals surface area contributed by atoms with Gasteiger partial charge in [0.15, 0.2) is 11.6 Å². The molecule has 2 saturated carbocycles. The van der Waals surface area contributed by atoms with Gasteiger partial charge in [-0.25, -0.2) is 0 Å². The molecule has 3 fully saturated rings. The summed E-state index contributed by atoms with van der Waals surface area (Å²) in [5.74, 6) is -0.548. The maximum Gasteiger partial charge on any atom is 0.270 e. The number of carbonyl (C=O) groups excluding carboxylic acids is 5. The Kier molecular flexibility index (Phi) is 6.81. The molecule has 1 aromatic rings. The molecule has 1 saturated heterocycles. The SMILES string of the molecule is CCC(=O)C(CC1CCCC1=O)NC(=O)C1C2CCCC2CN1C(=O)c1cc(C(C)=O)c[nH]1. The van der Waals surface area contributed by atoms with E-state index >= 15 is 0 Å². The molecule has 8 heteroatoms. The third-order valence-corrected chi connectivity index (χ3v) is 7.74. The maximum absolute atomic E-state index is 13.5. The van der Waals surface area contributed by atoms with Crippen LogP contribution in [0.25, 0.3) is 0 Å². The normalized spacial score (nSPS) is 27.5. The summed E-state index contributed by atoms with van der Waals surface area (Å²) < 4.78 is 0. The van der Waals surface area contributed by atoms with Crippen molar-refractivity contribution in [3.05, 3.63) is 23.5 Å². The van der Waals surface area contributed by atoms with Gasteiger partial charge in [0.05, 0.1) is 6.04 Å². The number of hydrogen-bond acceptors (Lipinski definition) is 5. The van der Waals surface area contributed by atoms with Gasteiger partial charge in [0.1, 0.15) is 17.5 Å². The molecule has 0 bridgehead atoms. The van der Waals surface area contributed by atoms with E-state index in [9.17, 15) is 24.0 Å². The van der Waals surface area contributed by atoms with E-state index in [1.165, 1.54) is 19.2 Å². The molecule has 2 N–H and O–H groups in total. The van der Waals surface area contributed by atoms with Crippen molar-refractivity contribution in [2.75, 3.05) is 6.54 Å². The Hall–Kier alpha value is -2.77. The third-order valence-electron chi connectivity index (χ3n) is 7.74. The third kappa shape index (κ3) is 4.66. The first-order chi connectivity index (χ1) is 15.8. The van der Waals surface area contributed by atoms with Gasteiger partial charge in [-0.15, -0.1) is 0 Å². The predicted octanol–water partition coefficient (Wildman–Crippen LogP) is 2.68. The number of H-pyrrole nitrogens is 1. The van der Waals surface area contributed by atoms with Gasteiger partial charge in [-0.05, 0) is 56.9 Å². The van der Waals surface area contributed by atoms with Gasteiger partial charge in [0.2, 0.25) is 5.91 Å². The molecule has 5 unspecified atom stereocenters. The molecular formula is C25H33N3O5. The van der Waals surface area contributed by atoms with Crippen molar-refractivity contribution in [2.45, 2.75) is 77.3 Å². The lowest BCUT2D eigenvalue weighted by molar-refractivity contribution is -0.131. The van der Waals surface area contributed by atoms with Crippen molar-refractivity contribution in [3.63, 3.8) is 0 Å². The Morgan fingerprint density at radius 3 is 2.61 bits per heavy atom. The summed E-state index contributed by atoms with van der Waals surface area (Å²) in [5, 5.41) is 2.93. The van der Waals surface area contributed by atoms with E-state index < -0.39 is 12.1 Å². The minimum absolute atomic E-state index is 0.0571. The standard InChI is InChI=1S/C25H33N3O5/c1-3-21(30)19(10-15-6-5-9-22(15)31)27-24(32)23-18-8-4-7-16(18)13-28(23)25(33)20-11-17(12-26-20)14(2)29/h11-12,15-16,18-19,23,26H,3-10,13H2,1-2H3,(H,27,32). The molecule has 3 aliphatic rings. The van der Waals surface area contributed by atoms with Crippen molar-refractivity contribution in [1.29, 1.82) is 0 Å². The van der Waals surface area contributed by atoms with E-state index in [2.05, 4.69) is 10.3 Å². The average Bonchev–Trinajstić information content (AvgIpc) is 3.56. The van der Waals surface area contributed by atoms with Gasteiger partial charge in [-0.3, -0.25) is 24.0 Å². The highest BCUT2D eigenvalue weighted by Crippen LogP contribution is 2.43. The summed E-state index contributed by atoms with van der Waals surface area (Å²) in [6, 6.07) is 0.172. The minimum atomic E-state index is -0.707. The molecule has 1 aromatic heterocycles. The predicted molar refractivity (Wildman–Crippen MR) is 121 cm³/mol. The van der Waals surface area contributed by atoms with Crippen LogP contribution >= 0.6 is 0 Å². The number of nitrogens with one attached hydrogen (secondary N) is 2. The van der Waals surface area contributed by atoms with Crippen molar-refractivity contribution in [2.24, 2.45) is 17.8 Å². The van der Waals surface area contributed by atoms with Gasteiger partial charge >= 0.3 is 0 Å². The van der Waals surface area contributed by atoms with E-state index in [0.717, 1.165) is 32.1 Å². The Morgan fingerprint density at radius 1 is 1.18 bits per heavy atom. The summed E-state index contributed by atoms with van der Waals surface area (Å²) >= 11 is 0. The number of amides is 2. The summed E-state index contributed by atoms with van der Waals surface area (Å²) in [6.45, 7) is 3.69. The van der Waals surface area contributed by atoms with Crippen molar-refractivity contribution in [1.82, 2.24) is 15.2 Å². The highest BCUT2D eigenvalue weighted by Gasteiger charge is 2.50. The molecule has 0 spiro atoms. The average molecular weight is 456 g/mol. The monoisotopic (exact) mass is 455 g/mol. The topological polar surface area (TPSA) is 116 Å². The Balaban J connectivity index is 1.54. The number of aromatic amines is 1. The van der Waals surface area contributed by atoms with E-state index in [1.54, 1.807) is 11.8 Å². The molecule has 2 heterocycles. The van der Waals surface area contributed by atoms with Crippen LogP contribution in [0.1, 0.15) is 86.1 Å². The highest BCUT2D eigenvalue weighted by molar-refractivity contribution is 6.01. The Labute approximate surface area is 193 Å². The highest BCUT2D eigenvalue weighted by atomic mass is 16.2. The Bertz CT molecular complexity index is 967. The molecular weight excluding hydrogens is 422 g/mol. The van der Waals surface area contributed by atoms with Crippen LogP contribution in [-0.4, -0.2) is 57.7 Å². The number of Topliss-reactive ketones (excluding diaryl/α,β-unsaturated/α-hetero) is 3. The fourth-order valence-electron chi connectivity index (χ4n) is 5.92. The summed E-state index contributed by atoms with van der Waals surface area (Å²) in [5.41, 5.74) is 0.712. The maximum atomic E-state index is 13.5. The molecule has 33 heavy (non-hydrogen) atoms. The molecule has 1 aliphatic heterocycles. The quantitative estimate of drug-likeness (QED) is 0.585. The largest absolute Gasteiger partial charge is 0.356 e. The molecule has 0 radical (unpaired) electrons. The van der Waals surface area contributed by atoms with E-state index in [1.807, 2.05) is 0 Å². The smallest absolute Gasteiger partial charge is 0.270 e. The van der Waals surface area contributed by atoms with E-state index in [4.69, 9.17) is 0 Å². The second-order valence-electron chi connectivity index (χ2n) is 9.79. The number of ketones is 3. The minimum Gasteiger partial charge on any atom is -0.356 e. The zero-order valence-electron chi connectivity index (χ0n) is 19.4. The summed E-state index contributed by atoms with van der Waals surface area (Å²) in [7, 11) is 0. The number of rotatable bonds is 8. The van der Waals surface area contributed by atoms with Crippen LogP contribution in [0.4, 0.5) is 0 Å². The van der Waals surface area contributed by atoms with E-state index in [-0.39, 0.29) is 59.0 Å². The van der Waals surface area contributed by atoms with Gasteiger partial charge in [-0.1, -0.05) is 13.3 Å². The van der Waals surface area contributed by atoms with Crippen LogP contribution in [0.15, 0.2) is 12.3 Å². The van der Waals surface area contributed by atoms with Crippen molar-refractivity contribution >= 4 is 29.2 Å². The second-order valence-corrected chi connectivity index (χ2v) is 9.79. The van der Waals surface area contributed by atoms with Crippen LogP contribution in [0.2, 0.25) is 0 Å². The molecule has 5 atom stereocenters. The number of aromatic nitrogens is 1. The molecule has 2 aliphatic carbocycles. The van der Waals surface area contributed by atoms with Crippen molar-refractivity contribution in [3.8, 4) is 0 Å². The molecule has 4 rings (SSSR count). The number of fused-ring (bicyclic) bond motifs is 1.